The van der Waals surface area contributed by atoms with Crippen molar-refractivity contribution in [3.05, 3.63) is 12.7 Å². The lowest BCUT2D eigenvalue weighted by atomic mass is 10.3. The summed E-state index contributed by atoms with van der Waals surface area (Å²) < 4.78 is 28.6. The molecule has 0 spiro atoms. The molecule has 3 rings (SSSR count). The van der Waals surface area contributed by atoms with Crippen LogP contribution in [0.1, 0.15) is 0 Å². The highest BCUT2D eigenvalue weighted by Gasteiger charge is 2.43. The lowest BCUT2D eigenvalue weighted by Gasteiger charge is -2.34. The van der Waals surface area contributed by atoms with Gasteiger partial charge in [0.15, 0.2) is 0 Å². The van der Waals surface area contributed by atoms with E-state index in [0.717, 1.165) is 17.6 Å². The first-order valence-corrected chi connectivity index (χ1v) is 10.2. The molecule has 132 valence electrons. The highest BCUT2D eigenvalue weighted by molar-refractivity contribution is 7.92. The van der Waals surface area contributed by atoms with Gasteiger partial charge < -0.3 is 9.64 Å². The standard InChI is InChI=1S/C13H19N5O4S2/c1-3-4-17-9-10(16-5-7-22-8-6-16)18(13(17)19)11-14-15-12(23-11)24(2,20)21/h3,10H,1,4-9H2,2H3. The number of hydrogen-bond donors (Lipinski definition) is 0. The largest absolute Gasteiger partial charge is 0.379 e. The van der Waals surface area contributed by atoms with E-state index in [0.29, 0.717) is 44.5 Å². The molecule has 0 aliphatic carbocycles. The number of carbonyl (C=O) groups excluding carboxylic acids is 1. The third kappa shape index (κ3) is 3.29. The van der Waals surface area contributed by atoms with Crippen LogP contribution in [0.2, 0.25) is 0 Å². The smallest absolute Gasteiger partial charge is 0.328 e. The van der Waals surface area contributed by atoms with Gasteiger partial charge in [0.1, 0.15) is 6.17 Å². The van der Waals surface area contributed by atoms with E-state index in [-0.39, 0.29) is 16.5 Å². The van der Waals surface area contributed by atoms with Gasteiger partial charge in [0.25, 0.3) is 0 Å². The Hall–Kier alpha value is -1.56. The molecular formula is C13H19N5O4S2. The van der Waals surface area contributed by atoms with Crippen LogP contribution in [0.15, 0.2) is 17.0 Å². The fraction of sp³-hybridized carbons (Fsp3) is 0.615. The van der Waals surface area contributed by atoms with Crippen molar-refractivity contribution < 1.29 is 17.9 Å². The maximum atomic E-state index is 12.7. The van der Waals surface area contributed by atoms with E-state index in [2.05, 4.69) is 21.7 Å². The van der Waals surface area contributed by atoms with E-state index < -0.39 is 9.84 Å². The minimum atomic E-state index is -3.45. The van der Waals surface area contributed by atoms with Gasteiger partial charge in [-0.05, 0) is 0 Å². The predicted molar refractivity (Wildman–Crippen MR) is 88.8 cm³/mol. The molecule has 0 N–H and O–H groups in total. The number of carbonyl (C=O) groups is 1. The second-order valence-electron chi connectivity index (χ2n) is 5.60. The summed E-state index contributed by atoms with van der Waals surface area (Å²) in [7, 11) is -3.45. The summed E-state index contributed by atoms with van der Waals surface area (Å²) in [5.41, 5.74) is 0. The molecule has 2 aliphatic heterocycles. The van der Waals surface area contributed by atoms with Gasteiger partial charge in [-0.2, -0.15) is 0 Å². The molecule has 1 unspecified atom stereocenters. The Morgan fingerprint density at radius 3 is 2.67 bits per heavy atom. The quantitative estimate of drug-likeness (QED) is 0.531. The van der Waals surface area contributed by atoms with Crippen LogP contribution in [0.4, 0.5) is 9.93 Å². The molecule has 2 fully saturated rings. The molecule has 2 amide bonds. The molecule has 0 radical (unpaired) electrons. The third-order valence-electron chi connectivity index (χ3n) is 3.89. The van der Waals surface area contributed by atoms with Gasteiger partial charge >= 0.3 is 6.03 Å². The summed E-state index contributed by atoms with van der Waals surface area (Å²) in [5, 5.41) is 7.96. The maximum absolute atomic E-state index is 12.7. The van der Waals surface area contributed by atoms with E-state index in [1.807, 2.05) is 0 Å². The molecule has 0 saturated carbocycles. The molecule has 1 atom stereocenters. The van der Waals surface area contributed by atoms with Gasteiger partial charge in [-0.15, -0.1) is 16.8 Å². The van der Waals surface area contributed by atoms with Crippen molar-refractivity contribution in [1.29, 1.82) is 0 Å². The number of ether oxygens (including phenoxy) is 1. The highest BCUT2D eigenvalue weighted by Crippen LogP contribution is 2.31. The monoisotopic (exact) mass is 373 g/mol. The first kappa shape index (κ1) is 17.3. The number of aromatic nitrogens is 2. The number of hydrogen-bond acceptors (Lipinski definition) is 8. The van der Waals surface area contributed by atoms with Crippen molar-refractivity contribution in [2.75, 3.05) is 50.5 Å². The second-order valence-corrected chi connectivity index (χ2v) is 8.74. The third-order valence-corrected chi connectivity index (χ3v) is 6.49. The van der Waals surface area contributed by atoms with Crippen LogP contribution in [-0.2, 0) is 14.6 Å². The predicted octanol–water partition coefficient (Wildman–Crippen LogP) is 0.0279. The average Bonchev–Trinajstić information content (AvgIpc) is 3.14. The van der Waals surface area contributed by atoms with Crippen molar-refractivity contribution in [3.63, 3.8) is 0 Å². The van der Waals surface area contributed by atoms with Gasteiger partial charge in [0.05, 0.1) is 19.8 Å². The zero-order valence-corrected chi connectivity index (χ0v) is 14.9. The van der Waals surface area contributed by atoms with Crippen LogP contribution in [0.25, 0.3) is 0 Å². The number of anilines is 1. The van der Waals surface area contributed by atoms with Crippen LogP contribution >= 0.6 is 11.3 Å². The summed E-state index contributed by atoms with van der Waals surface area (Å²) in [4.78, 5) is 18.1. The minimum Gasteiger partial charge on any atom is -0.379 e. The summed E-state index contributed by atoms with van der Waals surface area (Å²) in [6.45, 7) is 7.21. The van der Waals surface area contributed by atoms with Crippen LogP contribution < -0.4 is 4.90 Å². The fourth-order valence-electron chi connectivity index (χ4n) is 2.76. The average molecular weight is 373 g/mol. The van der Waals surface area contributed by atoms with Crippen LogP contribution in [-0.4, -0.2) is 86.3 Å². The molecule has 11 heteroatoms. The molecule has 0 bridgehead atoms. The Morgan fingerprint density at radius 2 is 2.08 bits per heavy atom. The van der Waals surface area contributed by atoms with Crippen molar-refractivity contribution in [2.24, 2.45) is 0 Å². The molecule has 1 aromatic heterocycles. The molecule has 2 aliphatic rings. The Bertz CT molecular complexity index is 728. The number of amides is 2. The normalized spacial score (nSPS) is 23.0. The van der Waals surface area contributed by atoms with E-state index >= 15 is 0 Å². The van der Waals surface area contributed by atoms with Gasteiger partial charge in [-0.1, -0.05) is 17.4 Å². The first-order valence-electron chi connectivity index (χ1n) is 7.46. The molecule has 24 heavy (non-hydrogen) atoms. The number of nitrogens with zero attached hydrogens (tertiary/aromatic N) is 5. The number of sulfone groups is 1. The topological polar surface area (TPSA) is 95.9 Å². The SMILES string of the molecule is C=CCN1CC(N2CCOCC2)N(c2nnc(S(C)(=O)=O)s2)C1=O. The van der Waals surface area contributed by atoms with E-state index in [1.54, 1.807) is 11.0 Å². The number of morpholine rings is 1. The fourth-order valence-corrected chi connectivity index (χ4v) is 4.39. The van der Waals surface area contributed by atoms with Gasteiger partial charge in [0.2, 0.25) is 19.3 Å². The summed E-state index contributed by atoms with van der Waals surface area (Å²) >= 11 is 0.913. The van der Waals surface area contributed by atoms with Crippen molar-refractivity contribution >= 4 is 32.3 Å². The Balaban J connectivity index is 1.92. The molecule has 9 nitrogen and oxygen atoms in total. The zero-order valence-electron chi connectivity index (χ0n) is 13.3. The van der Waals surface area contributed by atoms with Crippen molar-refractivity contribution in [3.8, 4) is 0 Å². The maximum Gasteiger partial charge on any atom is 0.328 e. The van der Waals surface area contributed by atoms with Gasteiger partial charge in [0, 0.05) is 25.9 Å². The van der Waals surface area contributed by atoms with Crippen LogP contribution in [0, 0.1) is 0 Å². The lowest BCUT2D eigenvalue weighted by Crippen LogP contribution is -2.51. The Kier molecular flexibility index (Phi) is 4.85. The van der Waals surface area contributed by atoms with E-state index in [4.69, 9.17) is 4.74 Å². The number of urea groups is 1. The Labute approximate surface area is 144 Å². The Morgan fingerprint density at radius 1 is 1.38 bits per heavy atom. The molecule has 1 aromatic rings. The summed E-state index contributed by atoms with van der Waals surface area (Å²) in [6.07, 6.45) is 2.52. The number of rotatable bonds is 5. The van der Waals surface area contributed by atoms with Crippen molar-refractivity contribution in [1.82, 2.24) is 20.0 Å². The summed E-state index contributed by atoms with van der Waals surface area (Å²) in [5.74, 6) is 0. The molecule has 2 saturated heterocycles. The van der Waals surface area contributed by atoms with Crippen molar-refractivity contribution in [2.45, 2.75) is 10.5 Å². The molecular weight excluding hydrogens is 354 g/mol. The molecule has 0 aromatic carbocycles. The summed E-state index contributed by atoms with van der Waals surface area (Å²) in [6, 6.07) is -0.220. The van der Waals surface area contributed by atoms with Crippen LogP contribution in [0.3, 0.4) is 0 Å². The minimum absolute atomic E-state index is 0.0896. The van der Waals surface area contributed by atoms with E-state index in [9.17, 15) is 13.2 Å². The first-order chi connectivity index (χ1) is 11.4. The molecule has 3 heterocycles. The second kappa shape index (κ2) is 6.75. The lowest BCUT2D eigenvalue weighted by molar-refractivity contribution is 0.0191. The zero-order chi connectivity index (χ0) is 17.3. The van der Waals surface area contributed by atoms with E-state index in [1.165, 1.54) is 4.90 Å². The van der Waals surface area contributed by atoms with Gasteiger partial charge in [-0.3, -0.25) is 4.90 Å². The highest BCUT2D eigenvalue weighted by atomic mass is 32.2. The van der Waals surface area contributed by atoms with Crippen LogP contribution in [0.5, 0.6) is 0 Å². The van der Waals surface area contributed by atoms with Gasteiger partial charge in [-0.25, -0.2) is 18.1 Å².